The molecule has 0 aromatic heterocycles. The number of amides is 1. The van der Waals surface area contributed by atoms with E-state index in [0.29, 0.717) is 0 Å². The lowest BCUT2D eigenvalue weighted by Crippen LogP contribution is -2.34. The van der Waals surface area contributed by atoms with Crippen LogP contribution in [0.1, 0.15) is 13.3 Å². The summed E-state index contributed by atoms with van der Waals surface area (Å²) in [5, 5.41) is 8.65. The lowest BCUT2D eigenvalue weighted by atomic mass is 10.1. The Labute approximate surface area is 59.7 Å². The van der Waals surface area contributed by atoms with Crippen molar-refractivity contribution in [3.8, 4) is 0 Å². The van der Waals surface area contributed by atoms with Gasteiger partial charge in [0, 0.05) is 12.3 Å². The van der Waals surface area contributed by atoms with Crippen LogP contribution < -0.4 is 11.3 Å². The van der Waals surface area contributed by atoms with Gasteiger partial charge in [0.25, 0.3) is 0 Å². The summed E-state index contributed by atoms with van der Waals surface area (Å²) in [6.45, 7) is 4.90. The van der Waals surface area contributed by atoms with Gasteiger partial charge < -0.3 is 5.11 Å². The summed E-state index contributed by atoms with van der Waals surface area (Å²) in [5.41, 5.74) is 1.98. The fourth-order valence-corrected chi connectivity index (χ4v) is 0.588. The second-order valence-electron chi connectivity index (χ2n) is 2.18. The minimum absolute atomic E-state index is 0.00361. The van der Waals surface area contributed by atoms with Crippen LogP contribution in [-0.2, 0) is 4.79 Å². The number of carbonyl (C=O) groups excluding carboxylic acids is 1. The highest BCUT2D eigenvalue weighted by atomic mass is 16.3. The van der Waals surface area contributed by atoms with Crippen molar-refractivity contribution in [1.29, 1.82) is 0 Å². The van der Waals surface area contributed by atoms with E-state index in [1.54, 1.807) is 6.92 Å². The van der Waals surface area contributed by atoms with Gasteiger partial charge in [-0.15, -0.1) is 0 Å². The number of nitrogens with two attached hydrogens (primary N) is 1. The predicted molar refractivity (Wildman–Crippen MR) is 37.9 cm³/mol. The molecule has 0 saturated carbocycles. The molecule has 58 valence electrons. The molecule has 0 aromatic rings. The van der Waals surface area contributed by atoms with Crippen molar-refractivity contribution in [2.75, 3.05) is 0 Å². The number of aliphatic hydroxyl groups excluding tert-OH is 1. The van der Waals surface area contributed by atoms with Gasteiger partial charge in [-0.3, -0.25) is 10.2 Å². The molecule has 0 aliphatic carbocycles. The standard InChI is InChI=1S/C6H12N2O2/c1-4(3-5(2)9)6(10)8-7/h4,9H,2-3,7H2,1H3,(H,8,10). The first-order chi connectivity index (χ1) is 4.57. The Kier molecular flexibility index (Phi) is 3.49. The molecule has 0 aliphatic heterocycles. The van der Waals surface area contributed by atoms with Crippen molar-refractivity contribution < 1.29 is 9.90 Å². The molecule has 1 atom stereocenters. The van der Waals surface area contributed by atoms with Gasteiger partial charge in [0.05, 0.1) is 5.76 Å². The Morgan fingerprint density at radius 3 is 2.70 bits per heavy atom. The number of hydrazine groups is 1. The molecule has 0 radical (unpaired) electrons. The zero-order valence-corrected chi connectivity index (χ0v) is 5.92. The molecule has 0 spiro atoms. The minimum Gasteiger partial charge on any atom is -0.513 e. The number of hydrogen-bond donors (Lipinski definition) is 3. The van der Waals surface area contributed by atoms with Crippen molar-refractivity contribution in [3.63, 3.8) is 0 Å². The maximum absolute atomic E-state index is 10.7. The van der Waals surface area contributed by atoms with Crippen molar-refractivity contribution >= 4 is 5.91 Å². The zero-order chi connectivity index (χ0) is 8.15. The number of aliphatic hydroxyl groups is 1. The summed E-state index contributed by atoms with van der Waals surface area (Å²) >= 11 is 0. The number of nitrogens with one attached hydrogen (secondary N) is 1. The van der Waals surface area contributed by atoms with Gasteiger partial charge in [-0.1, -0.05) is 13.5 Å². The van der Waals surface area contributed by atoms with E-state index in [0.717, 1.165) is 0 Å². The lowest BCUT2D eigenvalue weighted by Gasteiger charge is -2.06. The second kappa shape index (κ2) is 3.90. The highest BCUT2D eigenvalue weighted by Gasteiger charge is 2.11. The average Bonchev–Trinajstić information content (AvgIpc) is 1.85. The van der Waals surface area contributed by atoms with Crippen LogP contribution in [0.4, 0.5) is 0 Å². The third-order valence-corrected chi connectivity index (χ3v) is 1.13. The molecule has 4 nitrogen and oxygen atoms in total. The molecule has 0 saturated heterocycles. The maximum Gasteiger partial charge on any atom is 0.237 e. The predicted octanol–water partition coefficient (Wildman–Crippen LogP) is 0.0742. The number of allylic oxidation sites excluding steroid dienone is 1. The van der Waals surface area contributed by atoms with Crippen LogP contribution in [0.15, 0.2) is 12.3 Å². The molecule has 0 heterocycles. The van der Waals surface area contributed by atoms with E-state index in [4.69, 9.17) is 10.9 Å². The molecule has 10 heavy (non-hydrogen) atoms. The van der Waals surface area contributed by atoms with Crippen LogP contribution in [0.2, 0.25) is 0 Å². The maximum atomic E-state index is 10.7. The number of hydrogen-bond acceptors (Lipinski definition) is 3. The summed E-state index contributed by atoms with van der Waals surface area (Å²) in [7, 11) is 0. The van der Waals surface area contributed by atoms with E-state index in [-0.39, 0.29) is 24.0 Å². The SMILES string of the molecule is C=C(O)CC(C)C(=O)NN. The quantitative estimate of drug-likeness (QED) is 0.227. The fourth-order valence-electron chi connectivity index (χ4n) is 0.588. The van der Waals surface area contributed by atoms with Crippen LogP contribution in [0.3, 0.4) is 0 Å². The largest absolute Gasteiger partial charge is 0.513 e. The zero-order valence-electron chi connectivity index (χ0n) is 5.92. The molecule has 0 aliphatic rings. The first-order valence-corrected chi connectivity index (χ1v) is 2.95. The summed E-state index contributed by atoms with van der Waals surface area (Å²) in [4.78, 5) is 10.7. The molecule has 1 unspecified atom stereocenters. The molecule has 0 fully saturated rings. The highest BCUT2D eigenvalue weighted by Crippen LogP contribution is 2.05. The summed E-state index contributed by atoms with van der Waals surface area (Å²) in [6.07, 6.45) is 0.253. The summed E-state index contributed by atoms with van der Waals surface area (Å²) < 4.78 is 0. The number of rotatable bonds is 3. The van der Waals surface area contributed by atoms with Gasteiger partial charge in [-0.2, -0.15) is 0 Å². The molecular formula is C6H12N2O2. The lowest BCUT2D eigenvalue weighted by molar-refractivity contribution is -0.124. The molecule has 4 N–H and O–H groups in total. The van der Waals surface area contributed by atoms with E-state index in [1.165, 1.54) is 0 Å². The number of carbonyl (C=O) groups is 1. The Morgan fingerprint density at radius 2 is 2.40 bits per heavy atom. The Balaban J connectivity index is 3.72. The highest BCUT2D eigenvalue weighted by molar-refractivity contribution is 5.77. The van der Waals surface area contributed by atoms with Crippen LogP contribution in [0.5, 0.6) is 0 Å². The monoisotopic (exact) mass is 144 g/mol. The van der Waals surface area contributed by atoms with Gasteiger partial charge >= 0.3 is 0 Å². The molecule has 0 aromatic carbocycles. The topological polar surface area (TPSA) is 75.3 Å². The van der Waals surface area contributed by atoms with Crippen LogP contribution in [-0.4, -0.2) is 11.0 Å². The van der Waals surface area contributed by atoms with Crippen molar-refractivity contribution in [2.24, 2.45) is 11.8 Å². The first kappa shape index (κ1) is 8.97. The molecule has 4 heteroatoms. The van der Waals surface area contributed by atoms with Gasteiger partial charge in [0.15, 0.2) is 0 Å². The molecule has 0 rings (SSSR count). The normalized spacial score (nSPS) is 12.2. The van der Waals surface area contributed by atoms with Gasteiger partial charge in [0.1, 0.15) is 0 Å². The first-order valence-electron chi connectivity index (χ1n) is 2.95. The third-order valence-electron chi connectivity index (χ3n) is 1.13. The van der Waals surface area contributed by atoms with E-state index >= 15 is 0 Å². The summed E-state index contributed by atoms with van der Waals surface area (Å²) in [5.74, 6) is 4.22. The molecule has 0 bridgehead atoms. The smallest absolute Gasteiger partial charge is 0.237 e. The molecular weight excluding hydrogens is 132 g/mol. The van der Waals surface area contributed by atoms with E-state index in [1.807, 2.05) is 5.43 Å². The van der Waals surface area contributed by atoms with E-state index in [9.17, 15) is 4.79 Å². The fraction of sp³-hybridized carbons (Fsp3) is 0.500. The van der Waals surface area contributed by atoms with Crippen LogP contribution in [0, 0.1) is 5.92 Å². The van der Waals surface area contributed by atoms with Gasteiger partial charge in [-0.05, 0) is 0 Å². The van der Waals surface area contributed by atoms with E-state index < -0.39 is 0 Å². The second-order valence-corrected chi connectivity index (χ2v) is 2.18. The van der Waals surface area contributed by atoms with E-state index in [2.05, 4.69) is 6.58 Å². The Morgan fingerprint density at radius 1 is 1.90 bits per heavy atom. The summed E-state index contributed by atoms with van der Waals surface area (Å²) in [6, 6.07) is 0. The average molecular weight is 144 g/mol. The van der Waals surface area contributed by atoms with Gasteiger partial charge in [-0.25, -0.2) is 5.84 Å². The van der Waals surface area contributed by atoms with Crippen LogP contribution >= 0.6 is 0 Å². The van der Waals surface area contributed by atoms with Crippen LogP contribution in [0.25, 0.3) is 0 Å². The minimum atomic E-state index is -0.317. The Hall–Kier alpha value is -1.03. The molecule has 1 amide bonds. The van der Waals surface area contributed by atoms with Crippen molar-refractivity contribution in [3.05, 3.63) is 12.3 Å². The third kappa shape index (κ3) is 3.09. The Bertz CT molecular complexity index is 145. The van der Waals surface area contributed by atoms with Crippen molar-refractivity contribution in [2.45, 2.75) is 13.3 Å². The van der Waals surface area contributed by atoms with Gasteiger partial charge in [0.2, 0.25) is 5.91 Å². The van der Waals surface area contributed by atoms with Crippen molar-refractivity contribution in [1.82, 2.24) is 5.43 Å².